The topological polar surface area (TPSA) is 99.1 Å². The van der Waals surface area contributed by atoms with E-state index in [1.807, 2.05) is 26.8 Å². The van der Waals surface area contributed by atoms with Crippen molar-refractivity contribution in [2.45, 2.75) is 147 Å². The minimum Gasteiger partial charge on any atom is -0.468 e. The van der Waals surface area contributed by atoms with Crippen molar-refractivity contribution in [3.05, 3.63) is 59.4 Å². The number of hydrogen-bond donors (Lipinski definition) is 0. The van der Waals surface area contributed by atoms with Crippen molar-refractivity contribution in [3.8, 4) is 34.5 Å². The fourth-order valence-corrected chi connectivity index (χ4v) is 16.5. The standard InChI is InChI=1S/C50H62F3N5O5Si/c1-29(2)64(30(3)4,31(5)6)19-16-38-41(52)15-12-32-22-37(62-28-60-10)23-39(42(32)38)45-43(53)46-40(25-54-45)44(33-20-35-13-14-36(21-33)58(35)48(59)63-49(7,8)9)55-47(56-46)61-27-50-17-11-18-57(50)26-34(51)24-50/h12,15,20,22-23,25,29-31,34-36H,11,13-14,17-18,21,24,26-28H2,1-10H3/t34-,35+,36-,50+/m1/s1. The minimum absolute atomic E-state index is 0.0327. The fraction of sp³-hybridized carbons (Fsp3) is 0.560. The number of fused-ring (bicyclic) bond motifs is 5. The molecule has 4 aromatic rings. The third kappa shape index (κ3) is 8.37. The molecule has 2 bridgehead atoms. The number of aromatic nitrogens is 3. The van der Waals surface area contributed by atoms with E-state index in [-0.39, 0.29) is 59.9 Å². The first-order valence-corrected chi connectivity index (χ1v) is 25.1. The molecule has 1 amide bonds. The highest BCUT2D eigenvalue weighted by atomic mass is 28.3. The van der Waals surface area contributed by atoms with Crippen molar-refractivity contribution in [2.75, 3.05) is 33.6 Å². The molecular formula is C50H62F3N5O5Si. The number of amides is 1. The molecule has 0 unspecified atom stereocenters. The number of nitrogens with zero attached hydrogens (tertiary/aromatic N) is 5. The Balaban J connectivity index is 1.31. The van der Waals surface area contributed by atoms with E-state index in [1.54, 1.807) is 29.3 Å². The summed E-state index contributed by atoms with van der Waals surface area (Å²) >= 11 is 0. The Morgan fingerprint density at radius 1 is 1.02 bits per heavy atom. The zero-order valence-electron chi connectivity index (χ0n) is 38.9. The number of alkyl halides is 1. The van der Waals surface area contributed by atoms with E-state index < -0.39 is 37.0 Å². The largest absolute Gasteiger partial charge is 0.468 e. The Hall–Kier alpha value is -4.71. The molecule has 6 heterocycles. The van der Waals surface area contributed by atoms with Gasteiger partial charge in [0.15, 0.2) is 12.6 Å². The number of rotatable bonds is 11. The van der Waals surface area contributed by atoms with E-state index in [9.17, 15) is 9.18 Å². The number of carbonyl (C=O) groups excluding carboxylic acids is 1. The predicted molar refractivity (Wildman–Crippen MR) is 247 cm³/mol. The van der Waals surface area contributed by atoms with Gasteiger partial charge < -0.3 is 18.9 Å². The van der Waals surface area contributed by atoms with Gasteiger partial charge in [-0.25, -0.2) is 18.0 Å². The molecule has 0 aliphatic carbocycles. The number of hydrogen-bond acceptors (Lipinski definition) is 9. The van der Waals surface area contributed by atoms with Crippen LogP contribution in [-0.2, 0) is 9.47 Å². The van der Waals surface area contributed by atoms with Gasteiger partial charge in [0.2, 0.25) is 0 Å². The van der Waals surface area contributed by atoms with Crippen molar-refractivity contribution in [3.63, 3.8) is 0 Å². The molecule has 4 aliphatic rings. The Morgan fingerprint density at radius 2 is 1.77 bits per heavy atom. The van der Waals surface area contributed by atoms with Crippen molar-refractivity contribution in [1.29, 1.82) is 0 Å². The van der Waals surface area contributed by atoms with Gasteiger partial charge >= 0.3 is 12.1 Å². The van der Waals surface area contributed by atoms with Gasteiger partial charge in [-0.1, -0.05) is 59.6 Å². The molecule has 0 N–H and O–H groups in total. The number of halogens is 3. The molecule has 342 valence electrons. The molecule has 3 fully saturated rings. The Bertz CT molecular complexity index is 2530. The van der Waals surface area contributed by atoms with Crippen LogP contribution in [0.15, 0.2) is 36.5 Å². The summed E-state index contributed by atoms with van der Waals surface area (Å²) in [5, 5.41) is 1.36. The lowest BCUT2D eigenvalue weighted by Crippen LogP contribution is -2.45. The maximum Gasteiger partial charge on any atom is 0.411 e. The van der Waals surface area contributed by atoms with E-state index in [0.29, 0.717) is 63.6 Å². The summed E-state index contributed by atoms with van der Waals surface area (Å²) in [5.41, 5.74) is 5.03. The Morgan fingerprint density at radius 3 is 2.45 bits per heavy atom. The van der Waals surface area contributed by atoms with E-state index in [0.717, 1.165) is 37.8 Å². The van der Waals surface area contributed by atoms with Gasteiger partial charge in [-0.15, -0.1) is 5.54 Å². The summed E-state index contributed by atoms with van der Waals surface area (Å²) in [4.78, 5) is 31.8. The van der Waals surface area contributed by atoms with Crippen LogP contribution < -0.4 is 9.47 Å². The van der Waals surface area contributed by atoms with Crippen molar-refractivity contribution in [2.24, 2.45) is 0 Å². The summed E-state index contributed by atoms with van der Waals surface area (Å²) in [6.07, 6.45) is 6.24. The van der Waals surface area contributed by atoms with Crippen LogP contribution in [0.25, 0.3) is 38.5 Å². The molecule has 4 atom stereocenters. The van der Waals surface area contributed by atoms with Gasteiger partial charge in [-0.05, 0) is 105 Å². The highest BCUT2D eigenvalue weighted by Gasteiger charge is 2.50. The molecule has 8 rings (SSSR count). The molecule has 2 aromatic heterocycles. The number of methoxy groups -OCH3 is 1. The first kappa shape index (κ1) is 45.8. The smallest absolute Gasteiger partial charge is 0.411 e. The van der Waals surface area contributed by atoms with Crippen LogP contribution in [0, 0.1) is 23.1 Å². The van der Waals surface area contributed by atoms with E-state index in [2.05, 4.69) is 57.9 Å². The molecule has 4 aliphatic heterocycles. The van der Waals surface area contributed by atoms with Crippen molar-refractivity contribution >= 4 is 41.4 Å². The third-order valence-corrected chi connectivity index (χ3v) is 20.4. The third-order valence-electron chi connectivity index (χ3n) is 14.1. The number of benzene rings is 2. The van der Waals surface area contributed by atoms with E-state index in [4.69, 9.17) is 33.9 Å². The maximum absolute atomic E-state index is 17.9. The first-order chi connectivity index (χ1) is 30.4. The Labute approximate surface area is 376 Å². The lowest BCUT2D eigenvalue weighted by atomic mass is 9.94. The van der Waals surface area contributed by atoms with Crippen LogP contribution in [-0.4, -0.2) is 102 Å². The lowest BCUT2D eigenvalue weighted by Gasteiger charge is -2.38. The monoisotopic (exact) mass is 897 g/mol. The highest BCUT2D eigenvalue weighted by molar-refractivity contribution is 6.90. The van der Waals surface area contributed by atoms with Gasteiger partial charge in [-0.2, -0.15) is 9.97 Å². The van der Waals surface area contributed by atoms with Crippen LogP contribution in [0.5, 0.6) is 11.8 Å². The molecule has 3 saturated heterocycles. The maximum atomic E-state index is 17.9. The SMILES string of the molecule is COCOc1cc(-c2ncc3c(C4=C[C@@H]5CC[C@H](C4)N5C(=O)OC(C)(C)C)nc(OC[C@@]45CCCN4C[C@H](F)C5)nc3c2F)c2c(C#C[Si](C(C)C)(C(C)C)C(C)C)c(F)ccc2c1. The van der Waals surface area contributed by atoms with E-state index >= 15 is 8.78 Å². The second kappa shape index (κ2) is 17.6. The summed E-state index contributed by atoms with van der Waals surface area (Å²) < 4.78 is 72.5. The Kier molecular flexibility index (Phi) is 12.6. The van der Waals surface area contributed by atoms with Crippen LogP contribution in [0.3, 0.4) is 0 Å². The normalized spacial score (nSPS) is 22.4. The molecule has 64 heavy (non-hydrogen) atoms. The second-order valence-corrected chi connectivity index (χ2v) is 25.8. The van der Waals surface area contributed by atoms with Gasteiger partial charge in [-0.3, -0.25) is 14.8 Å². The summed E-state index contributed by atoms with van der Waals surface area (Å²) in [5.74, 6) is 2.43. The van der Waals surface area contributed by atoms with Crippen LogP contribution in [0.2, 0.25) is 16.6 Å². The zero-order valence-corrected chi connectivity index (χ0v) is 39.9. The minimum atomic E-state index is -2.33. The number of ether oxygens (including phenoxy) is 4. The molecule has 0 saturated carbocycles. The number of carbonyl (C=O) groups is 1. The van der Waals surface area contributed by atoms with Gasteiger partial charge in [0, 0.05) is 48.6 Å². The zero-order chi connectivity index (χ0) is 45.9. The van der Waals surface area contributed by atoms with Gasteiger partial charge in [0.25, 0.3) is 0 Å². The quantitative estimate of drug-likeness (QED) is 0.0828. The number of pyridine rings is 1. The molecule has 2 aromatic carbocycles. The second-order valence-electron chi connectivity index (χ2n) is 20.2. The highest BCUT2D eigenvalue weighted by Crippen LogP contribution is 2.45. The van der Waals surface area contributed by atoms with Crippen LogP contribution >= 0.6 is 0 Å². The molecule has 0 spiro atoms. The van der Waals surface area contributed by atoms with Gasteiger partial charge in [0.05, 0.1) is 22.8 Å². The summed E-state index contributed by atoms with van der Waals surface area (Å²) in [6, 6.07) is 6.01. The average molecular weight is 898 g/mol. The molecule has 10 nitrogen and oxygen atoms in total. The van der Waals surface area contributed by atoms with Gasteiger partial charge in [0.1, 0.15) is 49.2 Å². The predicted octanol–water partition coefficient (Wildman–Crippen LogP) is 11.2. The van der Waals surface area contributed by atoms with E-state index in [1.165, 1.54) is 13.2 Å². The summed E-state index contributed by atoms with van der Waals surface area (Å²) in [7, 11) is -0.818. The van der Waals surface area contributed by atoms with Crippen molar-refractivity contribution in [1.82, 2.24) is 24.8 Å². The summed E-state index contributed by atoms with van der Waals surface area (Å²) in [6.45, 7) is 20.0. The lowest BCUT2D eigenvalue weighted by molar-refractivity contribution is 0.0175. The average Bonchev–Trinajstić information content (AvgIpc) is 3.85. The van der Waals surface area contributed by atoms with Crippen molar-refractivity contribution < 1.29 is 36.9 Å². The van der Waals surface area contributed by atoms with Crippen LogP contribution in [0.1, 0.15) is 112 Å². The first-order valence-electron chi connectivity index (χ1n) is 22.9. The molecule has 14 heteroatoms. The van der Waals surface area contributed by atoms with Crippen LogP contribution in [0.4, 0.5) is 18.0 Å². The molecule has 0 radical (unpaired) electrons. The fourth-order valence-electron chi connectivity index (χ4n) is 11.3. The molecular weight excluding hydrogens is 836 g/mol.